The molecule has 1 unspecified atom stereocenters. The summed E-state index contributed by atoms with van der Waals surface area (Å²) in [7, 11) is 0. The van der Waals surface area contributed by atoms with E-state index in [1.807, 2.05) is 0 Å². The summed E-state index contributed by atoms with van der Waals surface area (Å²) < 4.78 is 0. The molecular weight excluding hydrogens is 370 g/mol. The number of carboxylic acid groups (broad SMARTS) is 1. The summed E-state index contributed by atoms with van der Waals surface area (Å²) in [5, 5.41) is 13.3. The van der Waals surface area contributed by atoms with Gasteiger partial charge in [-0.25, -0.2) is 0 Å². The van der Waals surface area contributed by atoms with Crippen LogP contribution < -0.4 is 10.6 Å². The number of hydrogen-bond acceptors (Lipinski definition) is 6. The van der Waals surface area contributed by atoms with Crippen LogP contribution in [0.3, 0.4) is 0 Å². The number of hydrogen-bond donors (Lipinski definition) is 3. The van der Waals surface area contributed by atoms with Gasteiger partial charge in [0.15, 0.2) is 0 Å². The van der Waals surface area contributed by atoms with Crippen LogP contribution in [0.25, 0.3) is 0 Å². The molecule has 0 aromatic heterocycles. The summed E-state index contributed by atoms with van der Waals surface area (Å²) in [5.74, 6) is -3.86. The van der Waals surface area contributed by atoms with Gasteiger partial charge in [-0.3, -0.25) is 39.0 Å². The molecule has 0 aliphatic carbocycles. The fourth-order valence-corrected chi connectivity index (χ4v) is 3.17. The van der Waals surface area contributed by atoms with Crippen LogP contribution >= 0.6 is 0 Å². The van der Waals surface area contributed by atoms with E-state index in [4.69, 9.17) is 5.11 Å². The molecule has 0 radical (unpaired) electrons. The van der Waals surface area contributed by atoms with Crippen LogP contribution in [0.15, 0.2) is 18.2 Å². The zero-order chi connectivity index (χ0) is 20.4. The minimum Gasteiger partial charge on any atom is -0.481 e. The van der Waals surface area contributed by atoms with Gasteiger partial charge in [0.05, 0.1) is 11.1 Å². The number of fused-ring (bicyclic) bond motifs is 1. The summed E-state index contributed by atoms with van der Waals surface area (Å²) >= 11 is 0. The van der Waals surface area contributed by atoms with Crippen LogP contribution in [0.1, 0.15) is 52.8 Å². The SMILES string of the molecule is O=C(O)CCCC(=O)Nc1ccc2c(c1)C(=O)N(C1CCC(=O)NC1=O)C2=O. The molecule has 2 heterocycles. The Morgan fingerprint density at radius 3 is 2.50 bits per heavy atom. The van der Waals surface area contributed by atoms with Crippen molar-refractivity contribution in [2.45, 2.75) is 38.1 Å². The van der Waals surface area contributed by atoms with Crippen molar-refractivity contribution in [3.8, 4) is 0 Å². The Bertz CT molecular complexity index is 908. The molecule has 3 N–H and O–H groups in total. The van der Waals surface area contributed by atoms with E-state index in [-0.39, 0.29) is 48.9 Å². The Labute approximate surface area is 158 Å². The average Bonchev–Trinajstić information content (AvgIpc) is 2.86. The quantitative estimate of drug-likeness (QED) is 0.593. The zero-order valence-corrected chi connectivity index (χ0v) is 14.7. The minimum atomic E-state index is -1.06. The van der Waals surface area contributed by atoms with Crippen LogP contribution in [0.4, 0.5) is 5.69 Å². The Kier molecular flexibility index (Phi) is 5.21. The normalized spacial score (nSPS) is 18.7. The van der Waals surface area contributed by atoms with Gasteiger partial charge < -0.3 is 10.4 Å². The lowest BCUT2D eigenvalue weighted by atomic mass is 10.0. The van der Waals surface area contributed by atoms with Crippen LogP contribution in [0.2, 0.25) is 0 Å². The second-order valence-electron chi connectivity index (χ2n) is 6.50. The Morgan fingerprint density at radius 2 is 1.82 bits per heavy atom. The van der Waals surface area contributed by atoms with Crippen molar-refractivity contribution in [1.82, 2.24) is 10.2 Å². The van der Waals surface area contributed by atoms with E-state index in [9.17, 15) is 28.8 Å². The fourth-order valence-electron chi connectivity index (χ4n) is 3.17. The third-order valence-electron chi connectivity index (χ3n) is 4.52. The molecule has 10 nitrogen and oxygen atoms in total. The van der Waals surface area contributed by atoms with E-state index in [2.05, 4.69) is 10.6 Å². The highest BCUT2D eigenvalue weighted by molar-refractivity contribution is 6.23. The van der Waals surface area contributed by atoms with Gasteiger partial charge in [0.25, 0.3) is 11.8 Å². The third-order valence-corrected chi connectivity index (χ3v) is 4.52. The van der Waals surface area contributed by atoms with Crippen molar-refractivity contribution < 1.29 is 33.9 Å². The largest absolute Gasteiger partial charge is 0.481 e. The van der Waals surface area contributed by atoms with Crippen molar-refractivity contribution in [3.05, 3.63) is 29.3 Å². The van der Waals surface area contributed by atoms with Gasteiger partial charge in [-0.2, -0.15) is 0 Å². The molecule has 0 spiro atoms. The first kappa shape index (κ1) is 19.2. The molecule has 3 rings (SSSR count). The molecule has 1 aromatic rings. The second kappa shape index (κ2) is 7.59. The van der Waals surface area contributed by atoms with Crippen LogP contribution in [-0.4, -0.2) is 51.6 Å². The second-order valence-corrected chi connectivity index (χ2v) is 6.50. The van der Waals surface area contributed by atoms with E-state index in [1.54, 1.807) is 0 Å². The number of rotatable bonds is 6. The van der Waals surface area contributed by atoms with Gasteiger partial charge in [-0.05, 0) is 31.0 Å². The number of amides is 5. The number of imide groups is 2. The summed E-state index contributed by atoms with van der Waals surface area (Å²) in [6.45, 7) is 0. The predicted octanol–water partition coefficient (Wildman–Crippen LogP) is 0.281. The van der Waals surface area contributed by atoms with Gasteiger partial charge >= 0.3 is 5.97 Å². The lowest BCUT2D eigenvalue weighted by Crippen LogP contribution is -2.54. The number of piperidine rings is 1. The average molecular weight is 387 g/mol. The monoisotopic (exact) mass is 387 g/mol. The van der Waals surface area contributed by atoms with E-state index in [0.29, 0.717) is 0 Å². The lowest BCUT2D eigenvalue weighted by Gasteiger charge is -2.27. The first-order valence-corrected chi connectivity index (χ1v) is 8.65. The number of carbonyl (C=O) groups excluding carboxylic acids is 5. The molecule has 5 amide bonds. The molecule has 0 saturated carbocycles. The van der Waals surface area contributed by atoms with E-state index in [1.165, 1.54) is 18.2 Å². The Hall–Kier alpha value is -3.56. The number of carbonyl (C=O) groups is 6. The molecule has 10 heteroatoms. The number of nitrogens with zero attached hydrogens (tertiary/aromatic N) is 1. The molecule has 146 valence electrons. The van der Waals surface area contributed by atoms with Crippen LogP contribution in [0.5, 0.6) is 0 Å². The smallest absolute Gasteiger partial charge is 0.303 e. The van der Waals surface area contributed by atoms with Crippen molar-refractivity contribution in [3.63, 3.8) is 0 Å². The number of carboxylic acids is 1. The fraction of sp³-hybridized carbons (Fsp3) is 0.333. The molecule has 2 aliphatic rings. The van der Waals surface area contributed by atoms with Crippen molar-refractivity contribution in [2.75, 3.05) is 5.32 Å². The van der Waals surface area contributed by atoms with Gasteiger partial charge in [-0.15, -0.1) is 0 Å². The maximum absolute atomic E-state index is 12.7. The first-order valence-electron chi connectivity index (χ1n) is 8.65. The van der Waals surface area contributed by atoms with Gasteiger partial charge in [-0.1, -0.05) is 0 Å². The number of aliphatic carboxylic acids is 1. The molecule has 0 bridgehead atoms. The Balaban J connectivity index is 1.73. The molecule has 1 atom stereocenters. The van der Waals surface area contributed by atoms with Gasteiger partial charge in [0.1, 0.15) is 6.04 Å². The molecule has 2 aliphatic heterocycles. The van der Waals surface area contributed by atoms with Gasteiger partial charge in [0, 0.05) is 24.9 Å². The summed E-state index contributed by atoms with van der Waals surface area (Å²) in [6.07, 6.45) is 0.127. The molecule has 1 aromatic carbocycles. The summed E-state index contributed by atoms with van der Waals surface area (Å²) in [5.41, 5.74) is 0.446. The topological polar surface area (TPSA) is 150 Å². The standard InChI is InChI=1S/C18H17N3O7/c22-13(2-1-3-15(24)25)19-9-4-5-10-11(8-9)18(28)21(17(10)27)12-6-7-14(23)20-16(12)26/h4-5,8,12H,1-3,6-7H2,(H,19,22)(H,24,25)(H,20,23,26). The maximum atomic E-state index is 12.7. The van der Waals surface area contributed by atoms with Crippen molar-refractivity contribution >= 4 is 41.2 Å². The summed E-state index contributed by atoms with van der Waals surface area (Å²) in [6, 6.07) is 3.12. The summed E-state index contributed by atoms with van der Waals surface area (Å²) in [4.78, 5) is 71.7. The number of benzene rings is 1. The number of nitrogens with one attached hydrogen (secondary N) is 2. The molecule has 28 heavy (non-hydrogen) atoms. The van der Waals surface area contributed by atoms with E-state index < -0.39 is 41.5 Å². The maximum Gasteiger partial charge on any atom is 0.303 e. The highest BCUT2D eigenvalue weighted by Crippen LogP contribution is 2.29. The molecular formula is C18H17N3O7. The Morgan fingerprint density at radius 1 is 1.11 bits per heavy atom. The van der Waals surface area contributed by atoms with E-state index >= 15 is 0 Å². The minimum absolute atomic E-state index is 0.00133. The van der Waals surface area contributed by atoms with Gasteiger partial charge in [0.2, 0.25) is 17.7 Å². The lowest BCUT2D eigenvalue weighted by molar-refractivity contribution is -0.138. The highest BCUT2D eigenvalue weighted by atomic mass is 16.4. The van der Waals surface area contributed by atoms with E-state index in [0.717, 1.165) is 4.90 Å². The van der Waals surface area contributed by atoms with Crippen molar-refractivity contribution in [2.24, 2.45) is 0 Å². The predicted molar refractivity (Wildman–Crippen MR) is 93.2 cm³/mol. The number of anilines is 1. The van der Waals surface area contributed by atoms with Crippen LogP contribution in [0, 0.1) is 0 Å². The molecule has 1 saturated heterocycles. The van der Waals surface area contributed by atoms with Crippen molar-refractivity contribution in [1.29, 1.82) is 0 Å². The third kappa shape index (κ3) is 3.75. The molecule has 1 fully saturated rings. The first-order chi connectivity index (χ1) is 13.3. The highest BCUT2D eigenvalue weighted by Gasteiger charge is 2.44. The van der Waals surface area contributed by atoms with Crippen LogP contribution in [-0.2, 0) is 19.2 Å². The zero-order valence-electron chi connectivity index (χ0n) is 14.7.